The summed E-state index contributed by atoms with van der Waals surface area (Å²) in [4.78, 5) is 23.3. The summed E-state index contributed by atoms with van der Waals surface area (Å²) >= 11 is 2.45. The van der Waals surface area contributed by atoms with Gasteiger partial charge in [0.1, 0.15) is 5.75 Å². The van der Waals surface area contributed by atoms with Crippen molar-refractivity contribution in [2.45, 2.75) is 17.7 Å². The van der Waals surface area contributed by atoms with E-state index in [2.05, 4.69) is 15.5 Å². The van der Waals surface area contributed by atoms with Gasteiger partial charge in [0, 0.05) is 0 Å². The Morgan fingerprint density at radius 2 is 2.00 bits per heavy atom. The normalized spacial score (nSPS) is 10.2. The number of rotatable bonds is 8. The van der Waals surface area contributed by atoms with Gasteiger partial charge in [-0.25, -0.2) is 0 Å². The number of hydrogen-bond donors (Lipinski definition) is 1. The van der Waals surface area contributed by atoms with E-state index in [0.717, 1.165) is 11.3 Å². The van der Waals surface area contributed by atoms with Gasteiger partial charge in [-0.3, -0.25) is 9.59 Å². The highest BCUT2D eigenvalue weighted by molar-refractivity contribution is 8.01. The second-order valence-electron chi connectivity index (χ2n) is 4.54. The Bertz CT molecular complexity index is 688. The SMILES string of the molecule is CCOC(=O)CSc1nnc(NC(=O)Cc2ccc(OC)cc2)s1. The van der Waals surface area contributed by atoms with Crippen molar-refractivity contribution in [2.75, 3.05) is 24.8 Å². The lowest BCUT2D eigenvalue weighted by atomic mass is 10.1. The number of esters is 1. The number of aromatic nitrogens is 2. The van der Waals surface area contributed by atoms with Crippen LogP contribution in [0.15, 0.2) is 28.6 Å². The molecule has 1 heterocycles. The van der Waals surface area contributed by atoms with Gasteiger partial charge in [-0.1, -0.05) is 35.2 Å². The van der Waals surface area contributed by atoms with Gasteiger partial charge in [0.05, 0.1) is 25.9 Å². The van der Waals surface area contributed by atoms with Crippen LogP contribution in [0.3, 0.4) is 0 Å². The molecule has 1 N–H and O–H groups in total. The van der Waals surface area contributed by atoms with Crippen molar-refractivity contribution in [1.82, 2.24) is 10.2 Å². The van der Waals surface area contributed by atoms with E-state index in [0.29, 0.717) is 16.1 Å². The van der Waals surface area contributed by atoms with Gasteiger partial charge in [0.15, 0.2) is 4.34 Å². The summed E-state index contributed by atoms with van der Waals surface area (Å²) in [5, 5.41) is 10.9. The number of carbonyl (C=O) groups is 2. The van der Waals surface area contributed by atoms with Crippen LogP contribution in [-0.4, -0.2) is 41.5 Å². The Morgan fingerprint density at radius 1 is 1.25 bits per heavy atom. The molecule has 0 saturated heterocycles. The first-order chi connectivity index (χ1) is 11.6. The number of thioether (sulfide) groups is 1. The molecule has 1 aromatic carbocycles. The number of hydrogen-bond acceptors (Lipinski definition) is 8. The van der Waals surface area contributed by atoms with Crippen LogP contribution in [0.25, 0.3) is 0 Å². The molecule has 0 aliphatic heterocycles. The highest BCUT2D eigenvalue weighted by atomic mass is 32.2. The number of methoxy groups -OCH3 is 1. The molecule has 0 bridgehead atoms. The van der Waals surface area contributed by atoms with Crippen molar-refractivity contribution in [1.29, 1.82) is 0 Å². The molecular formula is C15H17N3O4S2. The van der Waals surface area contributed by atoms with E-state index < -0.39 is 0 Å². The van der Waals surface area contributed by atoms with E-state index in [1.807, 2.05) is 12.1 Å². The van der Waals surface area contributed by atoms with Gasteiger partial charge in [-0.05, 0) is 24.6 Å². The quantitative estimate of drug-likeness (QED) is 0.435. The smallest absolute Gasteiger partial charge is 0.316 e. The highest BCUT2D eigenvalue weighted by Crippen LogP contribution is 2.25. The molecule has 0 saturated carbocycles. The minimum Gasteiger partial charge on any atom is -0.497 e. The Hall–Kier alpha value is -2.13. The van der Waals surface area contributed by atoms with Crippen LogP contribution < -0.4 is 10.1 Å². The number of benzene rings is 1. The molecule has 0 atom stereocenters. The highest BCUT2D eigenvalue weighted by Gasteiger charge is 2.11. The summed E-state index contributed by atoms with van der Waals surface area (Å²) in [6.07, 6.45) is 0.231. The fourth-order valence-corrected chi connectivity index (χ4v) is 3.30. The molecule has 0 radical (unpaired) electrons. The van der Waals surface area contributed by atoms with Crippen LogP contribution in [0.2, 0.25) is 0 Å². The molecule has 2 aromatic rings. The van der Waals surface area contributed by atoms with Crippen molar-refractivity contribution >= 4 is 40.1 Å². The van der Waals surface area contributed by atoms with Gasteiger partial charge >= 0.3 is 5.97 Å². The average Bonchev–Trinajstić information content (AvgIpc) is 3.01. The molecule has 7 nitrogen and oxygen atoms in total. The number of nitrogens with one attached hydrogen (secondary N) is 1. The second-order valence-corrected chi connectivity index (χ2v) is 6.74. The summed E-state index contributed by atoms with van der Waals surface area (Å²) in [7, 11) is 1.59. The molecule has 1 amide bonds. The maximum absolute atomic E-state index is 12.0. The van der Waals surface area contributed by atoms with Crippen LogP contribution in [-0.2, 0) is 20.7 Å². The molecule has 9 heteroatoms. The molecule has 0 aliphatic carbocycles. The third-order valence-corrected chi connectivity index (χ3v) is 4.74. The van der Waals surface area contributed by atoms with Crippen molar-refractivity contribution in [3.63, 3.8) is 0 Å². The summed E-state index contributed by atoms with van der Waals surface area (Å²) in [6, 6.07) is 7.27. The van der Waals surface area contributed by atoms with Crippen molar-refractivity contribution in [2.24, 2.45) is 0 Å². The number of carbonyl (C=O) groups excluding carboxylic acids is 2. The first kappa shape index (κ1) is 18.2. The van der Waals surface area contributed by atoms with Crippen LogP contribution >= 0.6 is 23.1 Å². The van der Waals surface area contributed by atoms with E-state index in [1.165, 1.54) is 23.1 Å². The fourth-order valence-electron chi connectivity index (χ4n) is 1.73. The second kappa shape index (κ2) is 9.24. The predicted molar refractivity (Wildman–Crippen MR) is 92.6 cm³/mol. The Morgan fingerprint density at radius 3 is 2.67 bits per heavy atom. The monoisotopic (exact) mass is 367 g/mol. The van der Waals surface area contributed by atoms with Crippen LogP contribution in [0.4, 0.5) is 5.13 Å². The zero-order valence-corrected chi connectivity index (χ0v) is 14.9. The Labute approximate surface area is 147 Å². The van der Waals surface area contributed by atoms with E-state index in [1.54, 1.807) is 26.2 Å². The zero-order valence-electron chi connectivity index (χ0n) is 13.3. The van der Waals surface area contributed by atoms with Gasteiger partial charge < -0.3 is 14.8 Å². The van der Waals surface area contributed by atoms with Crippen molar-refractivity contribution in [3.05, 3.63) is 29.8 Å². The number of ether oxygens (including phenoxy) is 2. The van der Waals surface area contributed by atoms with Gasteiger partial charge in [-0.15, -0.1) is 10.2 Å². The third-order valence-electron chi connectivity index (χ3n) is 2.80. The standard InChI is InChI=1S/C15H17N3O4S2/c1-3-22-13(20)9-23-15-18-17-14(24-15)16-12(19)8-10-4-6-11(21-2)7-5-10/h4-7H,3,8-9H2,1-2H3,(H,16,17,19). The molecule has 0 aliphatic rings. The lowest BCUT2D eigenvalue weighted by Gasteiger charge is -2.03. The first-order valence-electron chi connectivity index (χ1n) is 7.15. The number of anilines is 1. The first-order valence-corrected chi connectivity index (χ1v) is 8.95. The lowest BCUT2D eigenvalue weighted by molar-refractivity contribution is -0.139. The van der Waals surface area contributed by atoms with Crippen molar-refractivity contribution < 1.29 is 19.1 Å². The van der Waals surface area contributed by atoms with Gasteiger partial charge in [-0.2, -0.15) is 0 Å². The van der Waals surface area contributed by atoms with E-state index >= 15 is 0 Å². The predicted octanol–water partition coefficient (Wildman–Crippen LogP) is 2.38. The van der Waals surface area contributed by atoms with E-state index in [-0.39, 0.29) is 24.1 Å². The molecule has 1 aromatic heterocycles. The van der Waals surface area contributed by atoms with Crippen LogP contribution in [0, 0.1) is 0 Å². The number of nitrogens with zero attached hydrogens (tertiary/aromatic N) is 2. The minimum atomic E-state index is -0.303. The molecule has 128 valence electrons. The van der Waals surface area contributed by atoms with Crippen LogP contribution in [0.1, 0.15) is 12.5 Å². The minimum absolute atomic E-state index is 0.169. The topological polar surface area (TPSA) is 90.4 Å². The van der Waals surface area contributed by atoms with Gasteiger partial charge in [0.25, 0.3) is 0 Å². The van der Waals surface area contributed by atoms with Crippen molar-refractivity contribution in [3.8, 4) is 5.75 Å². The molecule has 0 spiro atoms. The maximum atomic E-state index is 12.0. The summed E-state index contributed by atoms with van der Waals surface area (Å²) in [5.74, 6) is 0.426. The Kier molecular flexibility index (Phi) is 7.01. The zero-order chi connectivity index (χ0) is 17.4. The molecular weight excluding hydrogens is 350 g/mol. The summed E-state index contributed by atoms with van der Waals surface area (Å²) < 4.78 is 10.5. The maximum Gasteiger partial charge on any atom is 0.316 e. The largest absolute Gasteiger partial charge is 0.497 e. The third kappa shape index (κ3) is 5.82. The Balaban J connectivity index is 1.82. The van der Waals surface area contributed by atoms with E-state index in [9.17, 15) is 9.59 Å². The van der Waals surface area contributed by atoms with E-state index in [4.69, 9.17) is 9.47 Å². The average molecular weight is 367 g/mol. The molecule has 0 unspecified atom stereocenters. The summed E-state index contributed by atoms with van der Waals surface area (Å²) in [6.45, 7) is 2.10. The summed E-state index contributed by atoms with van der Waals surface area (Å²) in [5.41, 5.74) is 0.870. The molecule has 24 heavy (non-hydrogen) atoms. The van der Waals surface area contributed by atoms with Gasteiger partial charge in [0.2, 0.25) is 11.0 Å². The molecule has 0 fully saturated rings. The fraction of sp³-hybridized carbons (Fsp3) is 0.333. The van der Waals surface area contributed by atoms with Crippen LogP contribution in [0.5, 0.6) is 5.75 Å². The lowest BCUT2D eigenvalue weighted by Crippen LogP contribution is -2.14. The molecule has 2 rings (SSSR count). The number of amides is 1.